The van der Waals surface area contributed by atoms with Crippen molar-refractivity contribution in [1.82, 2.24) is 0 Å². The molecule has 0 aliphatic heterocycles. The van der Waals surface area contributed by atoms with Crippen molar-refractivity contribution in [1.29, 1.82) is 0 Å². The first-order valence-electron chi connectivity index (χ1n) is 29.6. The Morgan fingerprint density at radius 2 is 1.50 bits per heavy atom. The third-order valence-electron chi connectivity index (χ3n) is 20.7. The lowest BCUT2D eigenvalue weighted by Gasteiger charge is -2.56. The Hall–Kier alpha value is -4.69. The average Bonchev–Trinajstić information content (AvgIpc) is 3.97. The van der Waals surface area contributed by atoms with Gasteiger partial charge < -0.3 is 20.1 Å². The zero-order valence-electron chi connectivity index (χ0n) is 47.6. The number of ketones is 2. The van der Waals surface area contributed by atoms with E-state index in [0.29, 0.717) is 65.1 Å². The Morgan fingerprint density at radius 3 is 2.21 bits per heavy atom. The van der Waals surface area contributed by atoms with Gasteiger partial charge >= 0.3 is 18.1 Å². The summed E-state index contributed by atoms with van der Waals surface area (Å²) in [5.41, 5.74) is 5.63. The smallest absolute Gasteiger partial charge is 0.453 e. The maximum absolute atomic E-state index is 13.0. The number of Topliss-reactive ketones (excluding diaryl/α,β-unsaturated/α-hetero) is 1. The van der Waals surface area contributed by atoms with Gasteiger partial charge in [0.2, 0.25) is 0 Å². The van der Waals surface area contributed by atoms with Gasteiger partial charge in [-0.1, -0.05) is 108 Å². The molecule has 5 fully saturated rings. The number of phenolic OH excluding ortho intramolecular Hbond substituents is 1. The first kappa shape index (κ1) is 61.4. The Morgan fingerprint density at radius 1 is 0.812 bits per heavy atom. The predicted octanol–water partition coefficient (Wildman–Crippen LogP) is 15.7. The summed E-state index contributed by atoms with van der Waals surface area (Å²) in [4.78, 5) is 35.1. The van der Waals surface area contributed by atoms with Crippen molar-refractivity contribution in [2.75, 3.05) is 18.6 Å². The third kappa shape index (κ3) is 12.9. The molecule has 3 aromatic rings. The number of ether oxygens (including phenoxy) is 1. The van der Waals surface area contributed by atoms with Crippen LogP contribution in [0.2, 0.25) is 0 Å². The Balaban J connectivity index is 0.000000178. The maximum Gasteiger partial charge on any atom is 0.453 e. The highest BCUT2D eigenvalue weighted by atomic mass is 32.2. The fourth-order valence-electron chi connectivity index (χ4n) is 16.0. The van der Waals surface area contributed by atoms with Gasteiger partial charge in [0.05, 0.1) is 19.1 Å². The van der Waals surface area contributed by atoms with Crippen LogP contribution in [0.25, 0.3) is 10.8 Å². The number of halogens is 5. The second kappa shape index (κ2) is 25.0. The van der Waals surface area contributed by atoms with Crippen LogP contribution in [0.4, 0.5) is 22.0 Å². The molecule has 5 saturated carbocycles. The molecule has 7 aliphatic carbocycles. The van der Waals surface area contributed by atoms with Gasteiger partial charge in [0, 0.05) is 46.0 Å². The van der Waals surface area contributed by atoms with E-state index in [4.69, 9.17) is 9.84 Å². The first-order chi connectivity index (χ1) is 37.8. The van der Waals surface area contributed by atoms with Crippen molar-refractivity contribution >= 4 is 39.1 Å². The van der Waals surface area contributed by atoms with E-state index < -0.39 is 47.6 Å². The third-order valence-corrected chi connectivity index (χ3v) is 22.2. The summed E-state index contributed by atoms with van der Waals surface area (Å²) in [5.74, 6) is -0.264. The van der Waals surface area contributed by atoms with E-state index in [9.17, 15) is 50.8 Å². The molecule has 13 atom stereocenters. The quantitative estimate of drug-likeness (QED) is 0.0897. The topological polar surface area (TPSA) is 138 Å². The van der Waals surface area contributed by atoms with Gasteiger partial charge in [-0.2, -0.15) is 22.0 Å². The van der Waals surface area contributed by atoms with Crippen LogP contribution in [0.3, 0.4) is 0 Å². The largest absolute Gasteiger partial charge is 0.508 e. The van der Waals surface area contributed by atoms with Crippen molar-refractivity contribution in [2.24, 2.45) is 51.8 Å². The zero-order chi connectivity index (χ0) is 58.0. The number of carbonyl (C=O) groups is 3. The molecular formula is C66H85F5O8S. The number of carboxylic acids is 1. The Bertz CT molecular complexity index is 2840. The number of alkyl halides is 5. The van der Waals surface area contributed by atoms with Crippen molar-refractivity contribution in [3.63, 3.8) is 0 Å². The lowest BCUT2D eigenvalue weighted by atomic mass is 9.48. The molecule has 0 spiro atoms. The van der Waals surface area contributed by atoms with Crippen LogP contribution in [-0.4, -0.2) is 73.9 Å². The summed E-state index contributed by atoms with van der Waals surface area (Å²) in [5, 5.41) is 32.0. The molecule has 0 aromatic heterocycles. The van der Waals surface area contributed by atoms with Crippen LogP contribution in [0.1, 0.15) is 178 Å². The van der Waals surface area contributed by atoms with Crippen molar-refractivity contribution < 1.29 is 60.6 Å². The summed E-state index contributed by atoms with van der Waals surface area (Å²) >= 11 is 0. The fourth-order valence-corrected chi connectivity index (χ4v) is 17.2. The highest BCUT2D eigenvalue weighted by Gasteiger charge is 2.60. The molecule has 0 radical (unpaired) electrons. The number of rotatable bonds is 17. The summed E-state index contributed by atoms with van der Waals surface area (Å²) in [6.07, 6.45) is 16.5. The lowest BCUT2D eigenvalue weighted by Crippen LogP contribution is -2.50. The van der Waals surface area contributed by atoms with Crippen molar-refractivity contribution in [3.05, 3.63) is 107 Å². The number of hydrogen-bond donors (Lipinski definition) is 3. The minimum Gasteiger partial charge on any atom is -0.508 e. The van der Waals surface area contributed by atoms with Crippen LogP contribution in [0.15, 0.2) is 90.6 Å². The van der Waals surface area contributed by atoms with E-state index in [1.165, 1.54) is 11.1 Å². The molecule has 0 amide bonds. The molecule has 1 unspecified atom stereocenters. The van der Waals surface area contributed by atoms with Gasteiger partial charge in [-0.25, -0.2) is 0 Å². The maximum atomic E-state index is 13.0. The number of aromatic hydroxyl groups is 1. The number of allylic oxidation sites excluding steroid dienone is 5. The molecule has 10 rings (SSSR count). The van der Waals surface area contributed by atoms with E-state index in [0.717, 1.165) is 142 Å². The highest BCUT2D eigenvalue weighted by molar-refractivity contribution is 7.84. The Labute approximate surface area is 473 Å². The van der Waals surface area contributed by atoms with Gasteiger partial charge in [-0.05, 0) is 200 Å². The first-order valence-corrected chi connectivity index (χ1v) is 31.1. The standard InChI is InChI=1S/C32H47F5O3S.C20H24O2.C14H14O3/c1-30-17-15-26-25-12-11-24(38)21-23(25)20-22(29(26)27(30)13-14-28(30)39)10-7-5-3-2-4-6-8-18-41(40)19-9-16-31(33,34)32(35,36)37;1-12-10-14-15-4-5-18(22)20(15,3)9-7-16(14)19(2)8-6-13(21)11-17(12)19;1-9(14(15)16)10-3-4-12-8-13(17-2)6-5-11(12)7-10/h11-12,21-22,26-29,38-39H,2-10,13-20H2,1H3;6,8,11,14-16H,1,4-5,7,9-10H2,2-3H3;3-9H,1-2H3,(H,15,16)/t22-,26-,27+,28+,29-,30+,41?;14-,15-,16-,19+,20-;9-/m100/s1. The summed E-state index contributed by atoms with van der Waals surface area (Å²) < 4.78 is 79.7. The number of aliphatic hydroxyl groups excluding tert-OH is 1. The van der Waals surface area contributed by atoms with Crippen LogP contribution < -0.4 is 4.74 Å². The SMILES string of the molecule is C=C1C[C@@H]2[C@H](CC[C@]3(C)C(=O)CC[C@@H]23)[C@@]2(C)C=CC(=O)C=C12.COc1ccc2cc([C@H](C)C(=O)O)ccc2c1.C[C@]12CC[C@@H]3c4ccc(O)cc4C[C@@H](CCCCCCCCCS(=O)CCCC(F)(F)C(F)(F)F)[C@H]3[C@@H]1CC[C@@H]2O. The van der Waals surface area contributed by atoms with Crippen LogP contribution in [-0.2, 0) is 31.6 Å². The molecule has 0 heterocycles. The zero-order valence-corrected chi connectivity index (χ0v) is 48.4. The number of aliphatic hydroxyl groups is 1. The average molecular weight is 1130 g/mol. The van der Waals surface area contributed by atoms with Crippen LogP contribution >= 0.6 is 0 Å². The number of unbranched alkanes of at least 4 members (excludes halogenated alkanes) is 6. The molecule has 7 aliphatic rings. The fraction of sp³-hybridized carbons (Fsp3) is 0.621. The predicted molar refractivity (Wildman–Crippen MR) is 305 cm³/mol. The summed E-state index contributed by atoms with van der Waals surface area (Å²) in [6.45, 7) is 12.7. The lowest BCUT2D eigenvalue weighted by molar-refractivity contribution is -0.284. The second-order valence-electron chi connectivity index (χ2n) is 25.4. The minimum atomic E-state index is -5.54. The minimum absolute atomic E-state index is 0.0195. The van der Waals surface area contributed by atoms with Crippen molar-refractivity contribution in [3.8, 4) is 11.5 Å². The van der Waals surface area contributed by atoms with E-state index in [-0.39, 0.29) is 33.9 Å². The van der Waals surface area contributed by atoms with Gasteiger partial charge in [-0.3, -0.25) is 18.6 Å². The number of carbonyl (C=O) groups excluding carboxylic acids is 2. The van der Waals surface area contributed by atoms with Gasteiger partial charge in [0.15, 0.2) is 5.78 Å². The summed E-state index contributed by atoms with van der Waals surface area (Å²) in [7, 11) is 0.272. The molecule has 3 aromatic carbocycles. The highest BCUT2D eigenvalue weighted by Crippen LogP contribution is 2.65. The Kier molecular flexibility index (Phi) is 19.2. The number of phenols is 1. The van der Waals surface area contributed by atoms with Gasteiger partial charge in [0.1, 0.15) is 17.3 Å². The van der Waals surface area contributed by atoms with Crippen LogP contribution in [0, 0.1) is 51.8 Å². The molecule has 0 saturated heterocycles. The van der Waals surface area contributed by atoms with Gasteiger partial charge in [-0.15, -0.1) is 0 Å². The molecule has 80 heavy (non-hydrogen) atoms. The molecule has 3 N–H and O–H groups in total. The van der Waals surface area contributed by atoms with Crippen LogP contribution in [0.5, 0.6) is 11.5 Å². The molecular weight excluding hydrogens is 1050 g/mol. The summed E-state index contributed by atoms with van der Waals surface area (Å²) in [6, 6.07) is 17.3. The monoisotopic (exact) mass is 1130 g/mol. The number of methoxy groups -OCH3 is 1. The van der Waals surface area contributed by atoms with E-state index >= 15 is 0 Å². The number of carboxylic acid groups (broad SMARTS) is 1. The molecule has 8 nitrogen and oxygen atoms in total. The van der Waals surface area contributed by atoms with E-state index in [1.807, 2.05) is 48.5 Å². The number of hydrogen-bond acceptors (Lipinski definition) is 7. The van der Waals surface area contributed by atoms with E-state index in [2.05, 4.69) is 39.5 Å². The molecule has 14 heteroatoms. The molecule has 438 valence electrons. The van der Waals surface area contributed by atoms with E-state index in [1.54, 1.807) is 26.2 Å². The van der Waals surface area contributed by atoms with Gasteiger partial charge in [0.25, 0.3) is 0 Å². The molecule has 0 bridgehead atoms. The number of aliphatic carboxylic acids is 1. The number of fused-ring (bicyclic) bond motifs is 11. The second-order valence-corrected chi connectivity index (χ2v) is 27.1. The normalized spacial score (nSPS) is 31.1. The number of benzene rings is 3. The van der Waals surface area contributed by atoms with Crippen molar-refractivity contribution in [2.45, 2.75) is 186 Å².